The standard InChI is InChI=1S/C18H16N2O3/c1-19-17(21)14-15(12-8-4-2-5-9-12)20(23-16(14)18(19)22)13-10-6-3-7-11-13/h2-11,14-16H,1H3/t14-,15-,16-/m1/s1. The number of likely N-dealkylation sites (N-methyl/N-ethyl adjacent to an activating group) is 1. The molecule has 2 heterocycles. The van der Waals surface area contributed by atoms with E-state index in [1.54, 1.807) is 5.06 Å². The molecular formula is C18H16N2O3. The molecule has 0 radical (unpaired) electrons. The molecular weight excluding hydrogens is 292 g/mol. The first-order valence-corrected chi connectivity index (χ1v) is 7.56. The van der Waals surface area contributed by atoms with Crippen molar-refractivity contribution < 1.29 is 14.4 Å². The van der Waals surface area contributed by atoms with Gasteiger partial charge in [0.1, 0.15) is 5.92 Å². The number of carbonyl (C=O) groups excluding carboxylic acids is 2. The average Bonchev–Trinajstić information content (AvgIpc) is 3.09. The van der Waals surface area contributed by atoms with Gasteiger partial charge in [0, 0.05) is 7.05 Å². The van der Waals surface area contributed by atoms with Crippen molar-refractivity contribution in [3.8, 4) is 0 Å². The molecule has 0 spiro atoms. The van der Waals surface area contributed by atoms with Gasteiger partial charge >= 0.3 is 0 Å². The highest BCUT2D eigenvalue weighted by Crippen LogP contribution is 2.46. The Bertz CT molecular complexity index is 747. The number of amides is 2. The molecule has 0 unspecified atom stereocenters. The molecule has 4 rings (SSSR count). The zero-order chi connectivity index (χ0) is 16.0. The third kappa shape index (κ3) is 2.04. The van der Waals surface area contributed by atoms with E-state index < -0.39 is 12.0 Å². The van der Waals surface area contributed by atoms with Crippen LogP contribution in [0.2, 0.25) is 0 Å². The molecule has 2 aliphatic heterocycles. The highest BCUT2D eigenvalue weighted by atomic mass is 16.7. The first-order chi connectivity index (χ1) is 11.2. The van der Waals surface area contributed by atoms with Crippen molar-refractivity contribution in [2.75, 3.05) is 12.1 Å². The fourth-order valence-electron chi connectivity index (χ4n) is 3.34. The first-order valence-electron chi connectivity index (χ1n) is 7.56. The summed E-state index contributed by atoms with van der Waals surface area (Å²) >= 11 is 0. The molecule has 2 aromatic carbocycles. The molecule has 0 aliphatic carbocycles. The number of fused-ring (bicyclic) bond motifs is 1. The maximum absolute atomic E-state index is 12.6. The minimum atomic E-state index is -0.752. The Morgan fingerprint density at radius 2 is 1.48 bits per heavy atom. The zero-order valence-corrected chi connectivity index (χ0v) is 12.6. The van der Waals surface area contributed by atoms with Gasteiger partial charge in [0.2, 0.25) is 5.91 Å². The molecule has 0 aromatic heterocycles. The molecule has 2 saturated heterocycles. The van der Waals surface area contributed by atoms with E-state index in [2.05, 4.69) is 0 Å². The third-order valence-electron chi connectivity index (χ3n) is 4.49. The van der Waals surface area contributed by atoms with Crippen LogP contribution < -0.4 is 5.06 Å². The summed E-state index contributed by atoms with van der Waals surface area (Å²) < 4.78 is 0. The highest BCUT2D eigenvalue weighted by Gasteiger charge is 2.58. The number of imide groups is 1. The van der Waals surface area contributed by atoms with Gasteiger partial charge in [-0.05, 0) is 17.7 Å². The molecule has 2 aromatic rings. The second-order valence-electron chi connectivity index (χ2n) is 5.80. The Labute approximate surface area is 134 Å². The number of hydrogen-bond donors (Lipinski definition) is 0. The number of anilines is 1. The van der Waals surface area contributed by atoms with Gasteiger partial charge in [0.05, 0.1) is 11.7 Å². The number of para-hydroxylation sites is 1. The van der Waals surface area contributed by atoms with Crippen molar-refractivity contribution >= 4 is 17.5 Å². The summed E-state index contributed by atoms with van der Waals surface area (Å²) in [5.74, 6) is -0.984. The van der Waals surface area contributed by atoms with Crippen molar-refractivity contribution in [3.63, 3.8) is 0 Å². The Morgan fingerprint density at radius 3 is 2.13 bits per heavy atom. The Morgan fingerprint density at radius 1 is 0.870 bits per heavy atom. The molecule has 2 aliphatic rings. The molecule has 116 valence electrons. The monoisotopic (exact) mass is 308 g/mol. The van der Waals surface area contributed by atoms with Gasteiger partial charge < -0.3 is 0 Å². The fraction of sp³-hybridized carbons (Fsp3) is 0.222. The van der Waals surface area contributed by atoms with Crippen molar-refractivity contribution in [2.45, 2.75) is 12.1 Å². The van der Waals surface area contributed by atoms with Crippen LogP contribution in [0.25, 0.3) is 0 Å². The van der Waals surface area contributed by atoms with Crippen LogP contribution in [0.3, 0.4) is 0 Å². The lowest BCUT2D eigenvalue weighted by Crippen LogP contribution is -2.34. The molecule has 3 atom stereocenters. The van der Waals surface area contributed by atoms with Crippen molar-refractivity contribution in [2.24, 2.45) is 5.92 Å². The Kier molecular flexibility index (Phi) is 3.16. The Balaban J connectivity index is 1.82. The fourth-order valence-corrected chi connectivity index (χ4v) is 3.34. The quantitative estimate of drug-likeness (QED) is 0.798. The van der Waals surface area contributed by atoms with E-state index in [-0.39, 0.29) is 17.9 Å². The summed E-state index contributed by atoms with van der Waals surface area (Å²) in [6.07, 6.45) is -0.752. The summed E-state index contributed by atoms with van der Waals surface area (Å²) in [5.41, 5.74) is 1.79. The van der Waals surface area contributed by atoms with Crippen LogP contribution >= 0.6 is 0 Å². The maximum Gasteiger partial charge on any atom is 0.261 e. The number of hydroxylamine groups is 1. The van der Waals surface area contributed by atoms with E-state index in [9.17, 15) is 9.59 Å². The van der Waals surface area contributed by atoms with Crippen LogP contribution in [0.1, 0.15) is 11.6 Å². The minimum Gasteiger partial charge on any atom is -0.283 e. The molecule has 0 saturated carbocycles. The van der Waals surface area contributed by atoms with Crippen molar-refractivity contribution in [3.05, 3.63) is 66.2 Å². The van der Waals surface area contributed by atoms with Crippen LogP contribution in [0.4, 0.5) is 5.69 Å². The molecule has 5 nitrogen and oxygen atoms in total. The van der Waals surface area contributed by atoms with Crippen LogP contribution in [0.5, 0.6) is 0 Å². The van der Waals surface area contributed by atoms with Gasteiger partial charge in [-0.2, -0.15) is 0 Å². The molecule has 2 fully saturated rings. The van der Waals surface area contributed by atoms with Gasteiger partial charge in [0.25, 0.3) is 5.91 Å². The first kappa shape index (κ1) is 14.0. The SMILES string of the molecule is CN1C(=O)[C@@H]2[C@@H](c3ccccc3)N(c3ccccc3)O[C@H]2C1=O. The number of hydrogen-bond acceptors (Lipinski definition) is 4. The van der Waals surface area contributed by atoms with Gasteiger partial charge in [-0.25, -0.2) is 5.06 Å². The van der Waals surface area contributed by atoms with Gasteiger partial charge in [-0.1, -0.05) is 48.5 Å². The summed E-state index contributed by atoms with van der Waals surface area (Å²) in [6, 6.07) is 18.9. The number of likely N-dealkylation sites (tertiary alicyclic amines) is 1. The summed E-state index contributed by atoms with van der Waals surface area (Å²) in [7, 11) is 1.52. The molecule has 0 bridgehead atoms. The van der Waals surface area contributed by atoms with E-state index in [1.807, 2.05) is 60.7 Å². The maximum atomic E-state index is 12.6. The van der Waals surface area contributed by atoms with Gasteiger partial charge in [-0.15, -0.1) is 0 Å². The summed E-state index contributed by atoms with van der Waals surface area (Å²) in [4.78, 5) is 31.9. The predicted molar refractivity (Wildman–Crippen MR) is 84.2 cm³/mol. The normalized spacial score (nSPS) is 26.7. The highest BCUT2D eigenvalue weighted by molar-refractivity contribution is 6.07. The lowest BCUT2D eigenvalue weighted by atomic mass is 9.90. The third-order valence-corrected chi connectivity index (χ3v) is 4.49. The average molecular weight is 308 g/mol. The number of benzene rings is 2. The zero-order valence-electron chi connectivity index (χ0n) is 12.6. The largest absolute Gasteiger partial charge is 0.283 e. The minimum absolute atomic E-state index is 0.188. The molecule has 23 heavy (non-hydrogen) atoms. The van der Waals surface area contributed by atoms with E-state index >= 15 is 0 Å². The van der Waals surface area contributed by atoms with E-state index in [0.717, 1.165) is 11.3 Å². The van der Waals surface area contributed by atoms with E-state index in [1.165, 1.54) is 11.9 Å². The van der Waals surface area contributed by atoms with Crippen LogP contribution in [-0.2, 0) is 14.4 Å². The molecule has 2 amide bonds. The summed E-state index contributed by atoms with van der Waals surface area (Å²) in [6.45, 7) is 0. The van der Waals surface area contributed by atoms with E-state index in [0.29, 0.717) is 0 Å². The second kappa shape index (κ2) is 5.21. The predicted octanol–water partition coefficient (Wildman–Crippen LogP) is 2.16. The molecule has 5 heteroatoms. The van der Waals surface area contributed by atoms with Gasteiger partial charge in [-0.3, -0.25) is 19.3 Å². The number of carbonyl (C=O) groups is 2. The summed E-state index contributed by atoms with van der Waals surface area (Å²) in [5, 5.41) is 1.70. The molecule has 0 N–H and O–H groups in total. The lowest BCUT2D eigenvalue weighted by molar-refractivity contribution is -0.141. The van der Waals surface area contributed by atoms with Crippen molar-refractivity contribution in [1.29, 1.82) is 0 Å². The van der Waals surface area contributed by atoms with Crippen LogP contribution in [0.15, 0.2) is 60.7 Å². The number of nitrogens with zero attached hydrogens (tertiary/aromatic N) is 2. The number of rotatable bonds is 2. The lowest BCUT2D eigenvalue weighted by Gasteiger charge is -2.28. The Hall–Kier alpha value is -2.66. The second-order valence-corrected chi connectivity index (χ2v) is 5.80. The van der Waals surface area contributed by atoms with E-state index in [4.69, 9.17) is 4.84 Å². The van der Waals surface area contributed by atoms with Crippen LogP contribution in [-0.4, -0.2) is 29.9 Å². The van der Waals surface area contributed by atoms with Crippen molar-refractivity contribution in [1.82, 2.24) is 4.90 Å². The smallest absolute Gasteiger partial charge is 0.261 e. The van der Waals surface area contributed by atoms with Crippen LogP contribution in [0, 0.1) is 5.92 Å². The van der Waals surface area contributed by atoms with Gasteiger partial charge in [0.15, 0.2) is 6.10 Å². The topological polar surface area (TPSA) is 49.9 Å².